The van der Waals surface area contributed by atoms with Crippen LogP contribution < -0.4 is 0 Å². The third kappa shape index (κ3) is 3.03. The van der Waals surface area contributed by atoms with Crippen LogP contribution in [0.3, 0.4) is 0 Å². The molecule has 0 radical (unpaired) electrons. The van der Waals surface area contributed by atoms with E-state index in [4.69, 9.17) is 0 Å². The molecule has 0 bridgehead atoms. The van der Waals surface area contributed by atoms with E-state index < -0.39 is 0 Å². The maximum atomic E-state index is 12.8. The number of hydrogen-bond acceptors (Lipinski definition) is 3. The van der Waals surface area contributed by atoms with Crippen LogP contribution >= 0.6 is 0 Å². The molecule has 24 heavy (non-hydrogen) atoms. The summed E-state index contributed by atoms with van der Waals surface area (Å²) in [6.45, 7) is 2.10. The zero-order valence-electron chi connectivity index (χ0n) is 14.3. The molecule has 0 spiro atoms. The van der Waals surface area contributed by atoms with Gasteiger partial charge in [-0.3, -0.25) is 14.4 Å². The lowest BCUT2D eigenvalue weighted by atomic mass is 9.95. The average Bonchev–Trinajstić information content (AvgIpc) is 3.29. The normalized spacial score (nSPS) is 29.5. The van der Waals surface area contributed by atoms with E-state index in [1.807, 2.05) is 9.80 Å². The van der Waals surface area contributed by atoms with Crippen molar-refractivity contribution in [3.8, 4) is 0 Å². The number of rotatable bonds is 3. The molecule has 4 fully saturated rings. The fourth-order valence-electron chi connectivity index (χ4n) is 4.55. The summed E-state index contributed by atoms with van der Waals surface area (Å²) in [5, 5.41) is 0. The second kappa shape index (κ2) is 6.37. The van der Waals surface area contributed by atoms with Gasteiger partial charge in [0, 0.05) is 38.1 Å². The summed E-state index contributed by atoms with van der Waals surface area (Å²) >= 11 is 0. The van der Waals surface area contributed by atoms with Gasteiger partial charge in [0.15, 0.2) is 0 Å². The van der Waals surface area contributed by atoms with E-state index >= 15 is 0 Å². The molecule has 2 aliphatic carbocycles. The van der Waals surface area contributed by atoms with Gasteiger partial charge < -0.3 is 14.7 Å². The van der Waals surface area contributed by atoms with Gasteiger partial charge in [0.1, 0.15) is 0 Å². The van der Waals surface area contributed by atoms with Crippen molar-refractivity contribution in [2.75, 3.05) is 26.2 Å². The Balaban J connectivity index is 1.35. The molecule has 0 aromatic heterocycles. The van der Waals surface area contributed by atoms with Crippen molar-refractivity contribution >= 4 is 17.7 Å². The van der Waals surface area contributed by atoms with Gasteiger partial charge in [0.25, 0.3) is 0 Å². The Labute approximate surface area is 143 Å². The molecule has 0 aromatic carbocycles. The lowest BCUT2D eigenvalue weighted by molar-refractivity contribution is -0.152. The van der Waals surface area contributed by atoms with Crippen LogP contribution in [0.25, 0.3) is 0 Å². The standard InChI is InChI=1S/C18H27N3O3/c22-16-8-5-13(11-21(16)15-6-7-15)18(24)19-9-10-20(17(23)12-19)14-3-1-2-4-14/h13-15H,1-12H2. The van der Waals surface area contributed by atoms with Gasteiger partial charge in [0.05, 0.1) is 12.5 Å². The second-order valence-electron chi connectivity index (χ2n) is 7.80. The maximum Gasteiger partial charge on any atom is 0.242 e. The Kier molecular flexibility index (Phi) is 4.22. The molecule has 6 nitrogen and oxygen atoms in total. The highest BCUT2D eigenvalue weighted by Gasteiger charge is 2.41. The van der Waals surface area contributed by atoms with Gasteiger partial charge in [-0.05, 0) is 32.1 Å². The SMILES string of the molecule is O=C(C1CCC(=O)N(C2CC2)C1)N1CCN(C2CCCC2)C(=O)C1. The van der Waals surface area contributed by atoms with Crippen LogP contribution in [0.5, 0.6) is 0 Å². The quantitative estimate of drug-likeness (QED) is 0.774. The lowest BCUT2D eigenvalue weighted by Gasteiger charge is -2.40. The van der Waals surface area contributed by atoms with Gasteiger partial charge >= 0.3 is 0 Å². The van der Waals surface area contributed by atoms with Crippen LogP contribution in [-0.2, 0) is 14.4 Å². The summed E-state index contributed by atoms with van der Waals surface area (Å²) < 4.78 is 0. The number of hydrogen-bond donors (Lipinski definition) is 0. The van der Waals surface area contributed by atoms with E-state index in [-0.39, 0.29) is 30.2 Å². The molecule has 3 amide bonds. The highest BCUT2D eigenvalue weighted by atomic mass is 16.2. The zero-order chi connectivity index (χ0) is 16.7. The topological polar surface area (TPSA) is 60.9 Å². The van der Waals surface area contributed by atoms with Crippen molar-refractivity contribution in [3.63, 3.8) is 0 Å². The largest absolute Gasteiger partial charge is 0.339 e. The number of carbonyl (C=O) groups is 3. The molecular weight excluding hydrogens is 306 g/mol. The number of piperidine rings is 1. The van der Waals surface area contributed by atoms with Crippen molar-refractivity contribution in [2.45, 2.75) is 63.5 Å². The summed E-state index contributed by atoms with van der Waals surface area (Å²) in [7, 11) is 0. The van der Waals surface area contributed by atoms with E-state index in [0.29, 0.717) is 44.6 Å². The van der Waals surface area contributed by atoms with Crippen LogP contribution in [0.2, 0.25) is 0 Å². The summed E-state index contributed by atoms with van der Waals surface area (Å²) in [5.74, 6) is 0.262. The van der Waals surface area contributed by atoms with Crippen LogP contribution in [0.15, 0.2) is 0 Å². The second-order valence-corrected chi connectivity index (χ2v) is 7.80. The Bertz CT molecular complexity index is 540. The third-order valence-electron chi connectivity index (χ3n) is 6.12. The first-order valence-corrected chi connectivity index (χ1v) is 9.51. The highest BCUT2D eigenvalue weighted by Crippen LogP contribution is 2.32. The molecule has 1 atom stereocenters. The van der Waals surface area contributed by atoms with Crippen molar-refractivity contribution in [3.05, 3.63) is 0 Å². The van der Waals surface area contributed by atoms with Gasteiger partial charge in [-0.1, -0.05) is 12.8 Å². The van der Waals surface area contributed by atoms with Crippen molar-refractivity contribution in [2.24, 2.45) is 5.92 Å². The summed E-state index contributed by atoms with van der Waals surface area (Å²) in [6.07, 6.45) is 7.91. The van der Waals surface area contributed by atoms with Crippen molar-refractivity contribution < 1.29 is 14.4 Å². The molecule has 0 N–H and O–H groups in total. The van der Waals surface area contributed by atoms with Crippen LogP contribution in [-0.4, -0.2) is 70.7 Å². The minimum absolute atomic E-state index is 0.0765. The monoisotopic (exact) mass is 333 g/mol. The first-order valence-electron chi connectivity index (χ1n) is 9.51. The number of carbonyl (C=O) groups excluding carboxylic acids is 3. The van der Waals surface area contributed by atoms with Gasteiger partial charge in [-0.25, -0.2) is 0 Å². The molecule has 2 aliphatic heterocycles. The fourth-order valence-corrected chi connectivity index (χ4v) is 4.55. The van der Waals surface area contributed by atoms with E-state index in [0.717, 1.165) is 25.7 Å². The molecule has 4 aliphatic rings. The van der Waals surface area contributed by atoms with Crippen molar-refractivity contribution in [1.29, 1.82) is 0 Å². The first-order chi connectivity index (χ1) is 11.6. The number of likely N-dealkylation sites (tertiary alicyclic amines) is 1. The third-order valence-corrected chi connectivity index (χ3v) is 6.12. The van der Waals surface area contributed by atoms with E-state index in [2.05, 4.69) is 0 Å². The smallest absolute Gasteiger partial charge is 0.242 e. The number of amides is 3. The average molecular weight is 333 g/mol. The van der Waals surface area contributed by atoms with Gasteiger partial charge in [-0.15, -0.1) is 0 Å². The molecular formula is C18H27N3O3. The molecule has 2 saturated carbocycles. The van der Waals surface area contributed by atoms with E-state index in [9.17, 15) is 14.4 Å². The first kappa shape index (κ1) is 15.9. The maximum absolute atomic E-state index is 12.8. The molecule has 2 heterocycles. The van der Waals surface area contributed by atoms with E-state index in [1.165, 1.54) is 12.8 Å². The van der Waals surface area contributed by atoms with Gasteiger partial charge in [0.2, 0.25) is 17.7 Å². The highest BCUT2D eigenvalue weighted by molar-refractivity contribution is 5.89. The minimum Gasteiger partial charge on any atom is -0.339 e. The lowest BCUT2D eigenvalue weighted by Crippen LogP contribution is -2.57. The minimum atomic E-state index is -0.117. The predicted octanol–water partition coefficient (Wildman–Crippen LogP) is 1.00. The predicted molar refractivity (Wildman–Crippen MR) is 88.0 cm³/mol. The molecule has 132 valence electrons. The number of nitrogens with zero attached hydrogens (tertiary/aromatic N) is 3. The van der Waals surface area contributed by atoms with Gasteiger partial charge in [-0.2, -0.15) is 0 Å². The summed E-state index contributed by atoms with van der Waals surface area (Å²) in [5.41, 5.74) is 0. The van der Waals surface area contributed by atoms with E-state index in [1.54, 1.807) is 4.90 Å². The molecule has 0 aromatic rings. The Morgan fingerprint density at radius 2 is 1.54 bits per heavy atom. The Morgan fingerprint density at radius 3 is 2.21 bits per heavy atom. The molecule has 4 rings (SSSR count). The van der Waals surface area contributed by atoms with Crippen LogP contribution in [0.1, 0.15) is 51.4 Å². The molecule has 1 unspecified atom stereocenters. The van der Waals surface area contributed by atoms with Crippen molar-refractivity contribution in [1.82, 2.24) is 14.7 Å². The molecule has 2 saturated heterocycles. The number of piperazine rings is 1. The Hall–Kier alpha value is -1.59. The van der Waals surface area contributed by atoms with Crippen LogP contribution in [0, 0.1) is 5.92 Å². The molecule has 6 heteroatoms. The fraction of sp³-hybridized carbons (Fsp3) is 0.833. The zero-order valence-corrected chi connectivity index (χ0v) is 14.3. The summed E-state index contributed by atoms with van der Waals surface area (Å²) in [4.78, 5) is 43.0. The Morgan fingerprint density at radius 1 is 0.833 bits per heavy atom. The van der Waals surface area contributed by atoms with Crippen LogP contribution in [0.4, 0.5) is 0 Å². The summed E-state index contributed by atoms with van der Waals surface area (Å²) in [6, 6.07) is 0.765.